The molecule has 2 rings (SSSR count). The third kappa shape index (κ3) is 3.80. The van der Waals surface area contributed by atoms with Crippen molar-refractivity contribution in [1.29, 1.82) is 0 Å². The molecule has 0 atom stereocenters. The van der Waals surface area contributed by atoms with Gasteiger partial charge in [0.15, 0.2) is 0 Å². The maximum absolute atomic E-state index is 5.46. The first-order valence-electron chi connectivity index (χ1n) is 7.12. The molecular formula is C14H25N5. The van der Waals surface area contributed by atoms with Gasteiger partial charge in [-0.05, 0) is 24.2 Å². The summed E-state index contributed by atoms with van der Waals surface area (Å²) in [4.78, 5) is 8.43. The summed E-state index contributed by atoms with van der Waals surface area (Å²) in [6.45, 7) is 6.94. The summed E-state index contributed by atoms with van der Waals surface area (Å²) in [5, 5.41) is 6.59. The SMILES string of the molecule is CC(C)(CNc1cc(NCCN)ncn1)C1CCC1. The molecule has 1 aromatic heterocycles. The Morgan fingerprint density at radius 1 is 1.26 bits per heavy atom. The molecule has 1 heterocycles. The fourth-order valence-corrected chi connectivity index (χ4v) is 2.40. The van der Waals surface area contributed by atoms with Crippen molar-refractivity contribution < 1.29 is 0 Å². The van der Waals surface area contributed by atoms with E-state index in [0.29, 0.717) is 12.0 Å². The van der Waals surface area contributed by atoms with Gasteiger partial charge >= 0.3 is 0 Å². The van der Waals surface area contributed by atoms with E-state index in [4.69, 9.17) is 5.73 Å². The molecule has 0 spiro atoms. The van der Waals surface area contributed by atoms with Crippen molar-refractivity contribution in [2.75, 3.05) is 30.3 Å². The largest absolute Gasteiger partial charge is 0.369 e. The lowest BCUT2D eigenvalue weighted by Gasteiger charge is -2.40. The maximum Gasteiger partial charge on any atom is 0.131 e. The van der Waals surface area contributed by atoms with Gasteiger partial charge in [0.25, 0.3) is 0 Å². The predicted octanol–water partition coefficient (Wildman–Crippen LogP) is 2.09. The van der Waals surface area contributed by atoms with E-state index in [0.717, 1.165) is 30.6 Å². The van der Waals surface area contributed by atoms with Crippen molar-refractivity contribution in [3.05, 3.63) is 12.4 Å². The Hall–Kier alpha value is -1.36. The van der Waals surface area contributed by atoms with Crippen LogP contribution in [-0.2, 0) is 0 Å². The van der Waals surface area contributed by atoms with E-state index in [1.807, 2.05) is 6.07 Å². The standard InChI is InChI=1S/C14H25N5/c1-14(2,11-4-3-5-11)9-17-13-8-12(16-7-6-15)18-10-19-13/h8,10-11H,3-7,9,15H2,1-2H3,(H2,16,17,18,19). The smallest absolute Gasteiger partial charge is 0.131 e. The van der Waals surface area contributed by atoms with Gasteiger partial charge in [-0.1, -0.05) is 20.3 Å². The van der Waals surface area contributed by atoms with Crippen LogP contribution in [0.5, 0.6) is 0 Å². The maximum atomic E-state index is 5.46. The summed E-state index contributed by atoms with van der Waals surface area (Å²) < 4.78 is 0. The zero-order chi connectivity index (χ0) is 13.7. The fraction of sp³-hybridized carbons (Fsp3) is 0.714. The molecule has 0 bridgehead atoms. The lowest BCUT2D eigenvalue weighted by atomic mass is 9.67. The zero-order valence-corrected chi connectivity index (χ0v) is 11.9. The topological polar surface area (TPSA) is 75.9 Å². The van der Waals surface area contributed by atoms with Gasteiger partial charge in [0.05, 0.1) is 0 Å². The van der Waals surface area contributed by atoms with E-state index in [1.54, 1.807) is 6.33 Å². The molecule has 5 nitrogen and oxygen atoms in total. The molecule has 0 saturated heterocycles. The van der Waals surface area contributed by atoms with Crippen LogP contribution in [0.15, 0.2) is 12.4 Å². The second-order valence-corrected chi connectivity index (χ2v) is 5.97. The van der Waals surface area contributed by atoms with Crippen LogP contribution < -0.4 is 16.4 Å². The second-order valence-electron chi connectivity index (χ2n) is 5.97. The number of anilines is 2. The second kappa shape index (κ2) is 6.19. The van der Waals surface area contributed by atoms with Gasteiger partial charge in [0.1, 0.15) is 18.0 Å². The van der Waals surface area contributed by atoms with Crippen molar-refractivity contribution >= 4 is 11.6 Å². The molecule has 106 valence electrons. The monoisotopic (exact) mass is 263 g/mol. The summed E-state index contributed by atoms with van der Waals surface area (Å²) in [5.74, 6) is 2.54. The normalized spacial score (nSPS) is 15.9. The van der Waals surface area contributed by atoms with E-state index in [1.165, 1.54) is 19.3 Å². The van der Waals surface area contributed by atoms with Gasteiger partial charge in [-0.25, -0.2) is 9.97 Å². The van der Waals surface area contributed by atoms with Crippen LogP contribution in [0.1, 0.15) is 33.1 Å². The molecular weight excluding hydrogens is 238 g/mol. The molecule has 1 aliphatic rings. The molecule has 0 aliphatic heterocycles. The van der Waals surface area contributed by atoms with Gasteiger partial charge in [-0.15, -0.1) is 0 Å². The summed E-state index contributed by atoms with van der Waals surface area (Å²) in [5.41, 5.74) is 5.79. The minimum atomic E-state index is 0.327. The summed E-state index contributed by atoms with van der Waals surface area (Å²) in [6.07, 6.45) is 5.69. The van der Waals surface area contributed by atoms with E-state index in [-0.39, 0.29) is 0 Å². The number of hydrogen-bond acceptors (Lipinski definition) is 5. The molecule has 1 saturated carbocycles. The molecule has 0 radical (unpaired) electrons. The van der Waals surface area contributed by atoms with Crippen molar-refractivity contribution in [2.24, 2.45) is 17.1 Å². The van der Waals surface area contributed by atoms with Gasteiger partial charge in [0.2, 0.25) is 0 Å². The molecule has 1 aromatic rings. The Kier molecular flexibility index (Phi) is 4.58. The first-order valence-corrected chi connectivity index (χ1v) is 7.12. The van der Waals surface area contributed by atoms with Crippen LogP contribution in [0.25, 0.3) is 0 Å². The Balaban J connectivity index is 1.88. The minimum Gasteiger partial charge on any atom is -0.369 e. The quantitative estimate of drug-likeness (QED) is 0.702. The van der Waals surface area contributed by atoms with E-state index >= 15 is 0 Å². The summed E-state index contributed by atoms with van der Waals surface area (Å²) in [7, 11) is 0. The molecule has 1 aliphatic carbocycles. The van der Waals surface area contributed by atoms with E-state index < -0.39 is 0 Å². The van der Waals surface area contributed by atoms with Crippen LogP contribution in [-0.4, -0.2) is 29.6 Å². The first-order chi connectivity index (χ1) is 9.12. The summed E-state index contributed by atoms with van der Waals surface area (Å²) in [6, 6.07) is 1.94. The third-order valence-electron chi connectivity index (χ3n) is 4.05. The average Bonchev–Trinajstić information content (AvgIpc) is 2.32. The molecule has 0 unspecified atom stereocenters. The Morgan fingerprint density at radius 3 is 2.53 bits per heavy atom. The fourth-order valence-electron chi connectivity index (χ4n) is 2.40. The first kappa shape index (κ1) is 14.1. The molecule has 4 N–H and O–H groups in total. The minimum absolute atomic E-state index is 0.327. The highest BCUT2D eigenvalue weighted by Gasteiger charge is 2.33. The predicted molar refractivity (Wildman–Crippen MR) is 79.2 cm³/mol. The van der Waals surface area contributed by atoms with Crippen molar-refractivity contribution in [2.45, 2.75) is 33.1 Å². The van der Waals surface area contributed by atoms with Crippen LogP contribution in [0, 0.1) is 11.3 Å². The van der Waals surface area contributed by atoms with Crippen LogP contribution in [0.3, 0.4) is 0 Å². The average molecular weight is 263 g/mol. The molecule has 0 aromatic carbocycles. The number of aromatic nitrogens is 2. The highest BCUT2D eigenvalue weighted by Crippen LogP contribution is 2.41. The Labute approximate surface area is 115 Å². The molecule has 5 heteroatoms. The number of nitrogens with two attached hydrogens (primary N) is 1. The van der Waals surface area contributed by atoms with E-state index in [9.17, 15) is 0 Å². The van der Waals surface area contributed by atoms with Gasteiger partial charge in [0, 0.05) is 25.7 Å². The van der Waals surface area contributed by atoms with Crippen LogP contribution in [0.2, 0.25) is 0 Å². The highest BCUT2D eigenvalue weighted by molar-refractivity contribution is 5.46. The third-order valence-corrected chi connectivity index (χ3v) is 4.05. The Bertz CT molecular complexity index is 401. The lowest BCUT2D eigenvalue weighted by molar-refractivity contribution is 0.134. The van der Waals surface area contributed by atoms with Crippen LogP contribution >= 0.6 is 0 Å². The number of nitrogens with zero attached hydrogens (tertiary/aromatic N) is 2. The van der Waals surface area contributed by atoms with Crippen molar-refractivity contribution in [3.8, 4) is 0 Å². The van der Waals surface area contributed by atoms with Gasteiger partial charge in [-0.2, -0.15) is 0 Å². The van der Waals surface area contributed by atoms with Crippen LogP contribution in [0.4, 0.5) is 11.6 Å². The van der Waals surface area contributed by atoms with E-state index in [2.05, 4.69) is 34.4 Å². The molecule has 1 fully saturated rings. The zero-order valence-electron chi connectivity index (χ0n) is 11.9. The lowest BCUT2D eigenvalue weighted by Crippen LogP contribution is -2.35. The van der Waals surface area contributed by atoms with Gasteiger partial charge < -0.3 is 16.4 Å². The number of nitrogens with one attached hydrogen (secondary N) is 2. The number of rotatable bonds is 7. The summed E-state index contributed by atoms with van der Waals surface area (Å²) >= 11 is 0. The number of hydrogen-bond donors (Lipinski definition) is 3. The highest BCUT2D eigenvalue weighted by atomic mass is 15.1. The Morgan fingerprint density at radius 2 is 1.95 bits per heavy atom. The van der Waals surface area contributed by atoms with Crippen molar-refractivity contribution in [3.63, 3.8) is 0 Å². The van der Waals surface area contributed by atoms with Crippen molar-refractivity contribution in [1.82, 2.24) is 9.97 Å². The molecule has 19 heavy (non-hydrogen) atoms. The van der Waals surface area contributed by atoms with Gasteiger partial charge in [-0.3, -0.25) is 0 Å². The molecule has 0 amide bonds.